The van der Waals surface area contributed by atoms with Crippen LogP contribution in [0.2, 0.25) is 0 Å². The van der Waals surface area contributed by atoms with E-state index in [4.69, 9.17) is 5.73 Å². The van der Waals surface area contributed by atoms with Crippen LogP contribution in [0.5, 0.6) is 0 Å². The number of benzene rings is 1. The average molecular weight is 235 g/mol. The second-order valence-corrected chi connectivity index (χ2v) is 4.25. The molecule has 0 saturated carbocycles. The van der Waals surface area contributed by atoms with Gasteiger partial charge in [0.2, 0.25) is 0 Å². The van der Waals surface area contributed by atoms with Crippen molar-refractivity contribution in [3.8, 4) is 0 Å². The van der Waals surface area contributed by atoms with Gasteiger partial charge in [-0.15, -0.1) is 11.8 Å². The number of hydrogen-bond acceptors (Lipinski definition) is 4. The third kappa shape index (κ3) is 3.40. The molecule has 4 heteroatoms. The van der Waals surface area contributed by atoms with E-state index in [0.717, 1.165) is 28.4 Å². The number of aryl methyl sites for hydroxylation is 1. The first-order chi connectivity index (χ1) is 7.69. The van der Waals surface area contributed by atoms with Crippen LogP contribution in [0.4, 0.5) is 5.69 Å². The van der Waals surface area contributed by atoms with E-state index in [1.165, 1.54) is 0 Å². The first-order valence-electron chi connectivity index (χ1n) is 4.98. The van der Waals surface area contributed by atoms with Gasteiger partial charge < -0.3 is 11.1 Å². The van der Waals surface area contributed by atoms with Crippen LogP contribution in [0.25, 0.3) is 5.70 Å². The Bertz CT molecular complexity index is 399. The molecule has 1 aromatic rings. The van der Waals surface area contributed by atoms with E-state index in [0.29, 0.717) is 0 Å². The van der Waals surface area contributed by atoms with Crippen LogP contribution in [0.15, 0.2) is 28.6 Å². The molecule has 0 fully saturated rings. The summed E-state index contributed by atoms with van der Waals surface area (Å²) in [5, 5.41) is 5.03. The van der Waals surface area contributed by atoms with E-state index < -0.39 is 0 Å². The number of aliphatic imine (C=N–C) groups is 1. The van der Waals surface area contributed by atoms with E-state index in [1.807, 2.05) is 37.6 Å². The van der Waals surface area contributed by atoms with E-state index in [9.17, 15) is 0 Å². The topological polar surface area (TPSA) is 50.4 Å². The number of nitrogens with one attached hydrogen (secondary N) is 1. The molecular weight excluding hydrogens is 218 g/mol. The molecule has 0 amide bonds. The van der Waals surface area contributed by atoms with Gasteiger partial charge in [0.05, 0.1) is 5.70 Å². The average Bonchev–Trinajstić information content (AvgIpc) is 2.29. The molecule has 0 aromatic heterocycles. The fourth-order valence-electron chi connectivity index (χ4n) is 1.20. The van der Waals surface area contributed by atoms with Crippen molar-refractivity contribution in [2.24, 2.45) is 4.99 Å². The molecule has 0 unspecified atom stereocenters. The van der Waals surface area contributed by atoms with Crippen molar-refractivity contribution in [1.29, 1.82) is 0 Å². The summed E-state index contributed by atoms with van der Waals surface area (Å²) in [6.07, 6.45) is 0. The number of hydrogen-bond donors (Lipinski definition) is 2. The van der Waals surface area contributed by atoms with Crippen LogP contribution < -0.4 is 11.1 Å². The van der Waals surface area contributed by atoms with Gasteiger partial charge in [0.1, 0.15) is 0 Å². The van der Waals surface area contributed by atoms with E-state index in [2.05, 4.69) is 17.0 Å². The van der Waals surface area contributed by atoms with E-state index >= 15 is 0 Å². The Morgan fingerprint density at radius 3 is 2.94 bits per heavy atom. The summed E-state index contributed by atoms with van der Waals surface area (Å²) in [4.78, 5) is 4.01. The summed E-state index contributed by atoms with van der Waals surface area (Å²) in [7, 11) is 1.91. The van der Waals surface area contributed by atoms with Crippen molar-refractivity contribution in [1.82, 2.24) is 5.32 Å². The van der Waals surface area contributed by atoms with Gasteiger partial charge >= 0.3 is 0 Å². The van der Waals surface area contributed by atoms with Crippen molar-refractivity contribution >= 4 is 29.9 Å². The minimum atomic E-state index is 0.783. The molecule has 0 spiro atoms. The van der Waals surface area contributed by atoms with Gasteiger partial charge in [-0.25, -0.2) is 0 Å². The van der Waals surface area contributed by atoms with Crippen LogP contribution in [0.3, 0.4) is 0 Å². The highest BCUT2D eigenvalue weighted by Gasteiger charge is 2.01. The highest BCUT2D eigenvalue weighted by Crippen LogP contribution is 2.22. The summed E-state index contributed by atoms with van der Waals surface area (Å²) in [5.74, 6) is 0.848. The molecule has 1 rings (SSSR count). The van der Waals surface area contributed by atoms with Crippen LogP contribution in [-0.2, 0) is 0 Å². The number of anilines is 1. The molecule has 0 aliphatic rings. The van der Waals surface area contributed by atoms with Gasteiger partial charge in [0, 0.05) is 17.1 Å². The van der Waals surface area contributed by atoms with Gasteiger partial charge in [-0.3, -0.25) is 4.99 Å². The summed E-state index contributed by atoms with van der Waals surface area (Å²) in [6.45, 7) is 5.56. The fraction of sp³-hybridized carbons (Fsp3) is 0.250. The molecule has 16 heavy (non-hydrogen) atoms. The summed E-state index contributed by atoms with van der Waals surface area (Å²) < 4.78 is 0. The smallest absolute Gasteiger partial charge is 0.0758 e. The number of nitrogens with two attached hydrogens (primary N) is 1. The predicted molar refractivity (Wildman–Crippen MR) is 74.6 cm³/mol. The minimum Gasteiger partial charge on any atom is -0.398 e. The second kappa shape index (κ2) is 6.35. The Hall–Kier alpha value is -1.26. The zero-order valence-electron chi connectivity index (χ0n) is 9.66. The Morgan fingerprint density at radius 1 is 1.62 bits per heavy atom. The lowest BCUT2D eigenvalue weighted by Gasteiger charge is -2.05. The van der Waals surface area contributed by atoms with Gasteiger partial charge in [-0.1, -0.05) is 12.1 Å². The van der Waals surface area contributed by atoms with Crippen molar-refractivity contribution < 1.29 is 0 Å². The third-order valence-electron chi connectivity index (χ3n) is 2.17. The van der Waals surface area contributed by atoms with Crippen LogP contribution in [-0.4, -0.2) is 19.6 Å². The van der Waals surface area contributed by atoms with Crippen molar-refractivity contribution in [3.05, 3.63) is 34.7 Å². The minimum absolute atomic E-state index is 0.783. The van der Waals surface area contributed by atoms with Gasteiger partial charge in [-0.2, -0.15) is 0 Å². The number of nitrogens with zero attached hydrogens (tertiary/aromatic N) is 1. The maximum Gasteiger partial charge on any atom is 0.0758 e. The van der Waals surface area contributed by atoms with Gasteiger partial charge in [0.15, 0.2) is 0 Å². The Kier molecular flexibility index (Phi) is 5.08. The van der Waals surface area contributed by atoms with Gasteiger partial charge in [0.25, 0.3) is 0 Å². The number of nitrogen functional groups attached to an aromatic ring is 1. The van der Waals surface area contributed by atoms with Crippen LogP contribution in [0, 0.1) is 6.92 Å². The van der Waals surface area contributed by atoms with Crippen molar-refractivity contribution in [2.45, 2.75) is 6.92 Å². The highest BCUT2D eigenvalue weighted by molar-refractivity contribution is 8.02. The summed E-state index contributed by atoms with van der Waals surface area (Å²) in [6, 6.07) is 5.92. The lowest BCUT2D eigenvalue weighted by atomic mass is 10.1. The van der Waals surface area contributed by atoms with Crippen molar-refractivity contribution in [3.63, 3.8) is 0 Å². The summed E-state index contributed by atoms with van der Waals surface area (Å²) in [5.41, 5.74) is 9.58. The molecule has 0 bridgehead atoms. The predicted octanol–water partition coefficient (Wildman–Crippen LogP) is 2.49. The maximum absolute atomic E-state index is 5.86. The molecule has 3 N–H and O–H groups in total. The molecule has 86 valence electrons. The molecule has 1 aromatic carbocycles. The molecule has 0 radical (unpaired) electrons. The van der Waals surface area contributed by atoms with Crippen molar-refractivity contribution in [2.75, 3.05) is 18.7 Å². The Balaban J connectivity index is 2.90. The first kappa shape index (κ1) is 12.8. The monoisotopic (exact) mass is 235 g/mol. The molecular formula is C12H17N3S. The molecule has 0 aliphatic heterocycles. The highest BCUT2D eigenvalue weighted by atomic mass is 32.2. The van der Waals surface area contributed by atoms with E-state index in [1.54, 1.807) is 11.8 Å². The quantitative estimate of drug-likeness (QED) is 0.357. The second-order valence-electron chi connectivity index (χ2n) is 3.40. The lowest BCUT2D eigenvalue weighted by molar-refractivity contribution is 0.985. The first-order valence-corrected chi connectivity index (χ1v) is 6.03. The van der Waals surface area contributed by atoms with Crippen LogP contribution >= 0.6 is 11.8 Å². The summed E-state index contributed by atoms with van der Waals surface area (Å²) >= 11 is 1.64. The molecule has 0 saturated heterocycles. The molecule has 0 aliphatic carbocycles. The fourth-order valence-corrected chi connectivity index (χ4v) is 1.82. The molecule has 0 atom stereocenters. The van der Waals surface area contributed by atoms with E-state index in [-0.39, 0.29) is 0 Å². The number of thioether (sulfide) groups is 1. The largest absolute Gasteiger partial charge is 0.398 e. The Labute approximate surface area is 101 Å². The SMILES string of the molecule is C=N/C(=C\SCNC)c1ccc(C)c(N)c1. The maximum atomic E-state index is 5.86. The number of rotatable bonds is 5. The normalized spacial score (nSPS) is 11.5. The Morgan fingerprint density at radius 2 is 2.38 bits per heavy atom. The molecule has 3 nitrogen and oxygen atoms in total. The van der Waals surface area contributed by atoms with Crippen LogP contribution in [0.1, 0.15) is 11.1 Å². The third-order valence-corrected chi connectivity index (χ3v) is 3.01. The lowest BCUT2D eigenvalue weighted by Crippen LogP contribution is -2.02. The zero-order chi connectivity index (χ0) is 12.0. The zero-order valence-corrected chi connectivity index (χ0v) is 10.5. The van der Waals surface area contributed by atoms with Gasteiger partial charge in [-0.05, 0) is 37.7 Å². The molecule has 0 heterocycles. The standard InChI is InChI=1S/C12H17N3S/c1-9-4-5-10(6-11(9)13)12(15-3)7-16-8-14-2/h4-7,14H,3,8,13H2,1-2H3/b12-7-.